The van der Waals surface area contributed by atoms with Gasteiger partial charge in [-0.1, -0.05) is 6.92 Å². The van der Waals surface area contributed by atoms with Gasteiger partial charge in [-0.05, 0) is 36.8 Å². The van der Waals surface area contributed by atoms with Gasteiger partial charge in [0.25, 0.3) is 17.3 Å². The molecule has 11 nitrogen and oxygen atoms in total. The Labute approximate surface area is 159 Å². The quantitative estimate of drug-likeness (QED) is 0.500. The molecule has 0 bridgehead atoms. The van der Waals surface area contributed by atoms with E-state index < -0.39 is 37.2 Å². The highest BCUT2D eigenvalue weighted by Gasteiger charge is 2.24. The fourth-order valence-electron chi connectivity index (χ4n) is 2.21. The predicted molar refractivity (Wildman–Crippen MR) is 99.6 cm³/mol. The minimum atomic E-state index is -3.67. The first-order chi connectivity index (χ1) is 13.2. The fourth-order valence-corrected chi connectivity index (χ4v) is 3.35. The summed E-state index contributed by atoms with van der Waals surface area (Å²) in [7, 11) is -3.67. The molecule has 148 valence electrons. The molecule has 0 aliphatic rings. The Morgan fingerprint density at radius 3 is 2.21 bits per heavy atom. The number of nitrogens with zero attached hydrogens (tertiary/aromatic N) is 2. The summed E-state index contributed by atoms with van der Waals surface area (Å²) < 4.78 is 26.4. The van der Waals surface area contributed by atoms with Crippen molar-refractivity contribution in [3.05, 3.63) is 68.3 Å². The molecule has 2 rings (SSSR count). The van der Waals surface area contributed by atoms with Crippen molar-refractivity contribution in [1.29, 1.82) is 0 Å². The SMILES string of the molecule is CCCNS(=O)(=O)c1ccc(NC(=O)c2ccc([N+](=O)[O-])cc2[N+](=O)[O-])cc1. The molecule has 12 heteroatoms. The molecule has 0 aromatic heterocycles. The van der Waals surface area contributed by atoms with Gasteiger partial charge in [0.15, 0.2) is 0 Å². The van der Waals surface area contributed by atoms with Gasteiger partial charge in [-0.2, -0.15) is 0 Å². The number of amides is 1. The zero-order valence-corrected chi connectivity index (χ0v) is 15.4. The second-order valence-corrected chi connectivity index (χ2v) is 7.36. The topological polar surface area (TPSA) is 162 Å². The first-order valence-electron chi connectivity index (χ1n) is 7.99. The number of hydrogen-bond acceptors (Lipinski definition) is 7. The highest BCUT2D eigenvalue weighted by Crippen LogP contribution is 2.25. The van der Waals surface area contributed by atoms with Gasteiger partial charge in [0, 0.05) is 18.3 Å². The molecule has 0 atom stereocenters. The zero-order valence-electron chi connectivity index (χ0n) is 14.6. The van der Waals surface area contributed by atoms with Crippen molar-refractivity contribution in [2.45, 2.75) is 18.2 Å². The Balaban J connectivity index is 2.24. The normalized spacial score (nSPS) is 11.0. The zero-order chi connectivity index (χ0) is 20.9. The highest BCUT2D eigenvalue weighted by atomic mass is 32.2. The van der Waals surface area contributed by atoms with Gasteiger partial charge in [-0.15, -0.1) is 0 Å². The van der Waals surface area contributed by atoms with E-state index in [1.54, 1.807) is 0 Å². The number of carbonyl (C=O) groups is 1. The second kappa shape index (κ2) is 8.54. The lowest BCUT2D eigenvalue weighted by atomic mass is 10.1. The minimum absolute atomic E-state index is 0.000246. The summed E-state index contributed by atoms with van der Waals surface area (Å²) in [6, 6.07) is 7.88. The summed E-state index contributed by atoms with van der Waals surface area (Å²) in [6.45, 7) is 2.10. The van der Waals surface area contributed by atoms with E-state index >= 15 is 0 Å². The fraction of sp³-hybridized carbons (Fsp3) is 0.188. The summed E-state index contributed by atoms with van der Waals surface area (Å²) >= 11 is 0. The van der Waals surface area contributed by atoms with Crippen molar-refractivity contribution in [2.24, 2.45) is 0 Å². The van der Waals surface area contributed by atoms with Crippen molar-refractivity contribution in [3.8, 4) is 0 Å². The number of nitrogens with one attached hydrogen (secondary N) is 2. The number of non-ortho nitro benzene ring substituents is 1. The van der Waals surface area contributed by atoms with E-state index in [2.05, 4.69) is 10.0 Å². The Morgan fingerprint density at radius 2 is 1.68 bits per heavy atom. The summed E-state index contributed by atoms with van der Waals surface area (Å²) in [6.07, 6.45) is 0.626. The molecule has 0 radical (unpaired) electrons. The first-order valence-corrected chi connectivity index (χ1v) is 9.48. The number of sulfonamides is 1. The number of rotatable bonds is 8. The molecule has 0 aliphatic heterocycles. The molecule has 28 heavy (non-hydrogen) atoms. The van der Waals surface area contributed by atoms with Crippen LogP contribution in [0.25, 0.3) is 0 Å². The van der Waals surface area contributed by atoms with Crippen LogP contribution in [0.3, 0.4) is 0 Å². The van der Waals surface area contributed by atoms with Crippen LogP contribution in [-0.2, 0) is 10.0 Å². The van der Waals surface area contributed by atoms with Crippen LogP contribution in [0.2, 0.25) is 0 Å². The van der Waals surface area contributed by atoms with Crippen LogP contribution in [0.15, 0.2) is 47.4 Å². The van der Waals surface area contributed by atoms with E-state index in [1.165, 1.54) is 24.3 Å². The van der Waals surface area contributed by atoms with Crippen molar-refractivity contribution in [1.82, 2.24) is 4.72 Å². The van der Waals surface area contributed by atoms with Gasteiger partial charge in [0.1, 0.15) is 5.56 Å². The number of hydrogen-bond donors (Lipinski definition) is 2. The summed E-state index contributed by atoms with van der Waals surface area (Å²) in [5, 5.41) is 24.3. The molecule has 0 saturated heterocycles. The minimum Gasteiger partial charge on any atom is -0.322 e. The summed E-state index contributed by atoms with van der Waals surface area (Å²) in [5.41, 5.74) is -1.39. The van der Waals surface area contributed by atoms with Crippen LogP contribution >= 0.6 is 0 Å². The van der Waals surface area contributed by atoms with E-state index in [-0.39, 0.29) is 22.7 Å². The lowest BCUT2D eigenvalue weighted by Gasteiger charge is -2.08. The second-order valence-electron chi connectivity index (χ2n) is 5.59. The Bertz CT molecular complexity index is 1020. The van der Waals surface area contributed by atoms with Crippen LogP contribution < -0.4 is 10.0 Å². The lowest BCUT2D eigenvalue weighted by molar-refractivity contribution is -0.394. The molecule has 0 heterocycles. The Morgan fingerprint density at radius 1 is 1.04 bits per heavy atom. The van der Waals surface area contributed by atoms with E-state index in [4.69, 9.17) is 0 Å². The molecule has 0 unspecified atom stereocenters. The Kier molecular flexibility index (Phi) is 6.38. The van der Waals surface area contributed by atoms with E-state index in [1.807, 2.05) is 6.92 Å². The summed E-state index contributed by atoms with van der Waals surface area (Å²) in [4.78, 5) is 32.5. The van der Waals surface area contributed by atoms with Gasteiger partial charge in [0.05, 0.1) is 20.8 Å². The maximum Gasteiger partial charge on any atom is 0.289 e. The third-order valence-electron chi connectivity index (χ3n) is 3.60. The van der Waals surface area contributed by atoms with Gasteiger partial charge in [0.2, 0.25) is 10.0 Å². The average Bonchev–Trinajstić information content (AvgIpc) is 2.66. The molecular weight excluding hydrogens is 392 g/mol. The maximum atomic E-state index is 12.3. The Hall–Kier alpha value is -3.38. The smallest absolute Gasteiger partial charge is 0.289 e. The lowest BCUT2D eigenvalue weighted by Crippen LogP contribution is -2.24. The first kappa shape index (κ1) is 20.9. The van der Waals surface area contributed by atoms with Gasteiger partial charge >= 0.3 is 0 Å². The predicted octanol–water partition coefficient (Wildman–Crippen LogP) is 2.44. The summed E-state index contributed by atoms with van der Waals surface area (Å²) in [5.74, 6) is -0.860. The third-order valence-corrected chi connectivity index (χ3v) is 5.07. The standard InChI is InChI=1S/C16H16N4O7S/c1-2-9-17-28(26,27)13-6-3-11(4-7-13)18-16(21)14-8-5-12(19(22)23)10-15(14)20(24)25/h3-8,10,17H,2,9H2,1H3,(H,18,21). The van der Waals surface area contributed by atoms with E-state index in [0.29, 0.717) is 12.5 Å². The third kappa shape index (κ3) is 4.86. The molecule has 0 saturated carbocycles. The van der Waals surface area contributed by atoms with Crippen LogP contribution in [0.1, 0.15) is 23.7 Å². The van der Waals surface area contributed by atoms with Crippen LogP contribution in [0, 0.1) is 20.2 Å². The average molecular weight is 408 g/mol. The van der Waals surface area contributed by atoms with Crippen molar-refractivity contribution < 1.29 is 23.1 Å². The van der Waals surface area contributed by atoms with E-state index in [0.717, 1.165) is 12.1 Å². The molecule has 0 spiro atoms. The van der Waals surface area contributed by atoms with Crippen molar-refractivity contribution >= 4 is 33.0 Å². The highest BCUT2D eigenvalue weighted by molar-refractivity contribution is 7.89. The maximum absolute atomic E-state index is 12.3. The molecular formula is C16H16N4O7S. The van der Waals surface area contributed by atoms with Crippen molar-refractivity contribution in [3.63, 3.8) is 0 Å². The number of carbonyl (C=O) groups excluding carboxylic acids is 1. The molecule has 1 amide bonds. The van der Waals surface area contributed by atoms with Gasteiger partial charge in [-0.3, -0.25) is 25.0 Å². The molecule has 0 fully saturated rings. The van der Waals surface area contributed by atoms with Crippen LogP contribution in [-0.4, -0.2) is 30.7 Å². The number of nitro benzene ring substituents is 2. The van der Waals surface area contributed by atoms with Crippen molar-refractivity contribution in [2.75, 3.05) is 11.9 Å². The van der Waals surface area contributed by atoms with Gasteiger partial charge < -0.3 is 5.32 Å². The molecule has 2 aromatic carbocycles. The largest absolute Gasteiger partial charge is 0.322 e. The number of nitro groups is 2. The molecule has 2 aromatic rings. The number of benzene rings is 2. The van der Waals surface area contributed by atoms with E-state index in [9.17, 15) is 33.4 Å². The van der Waals surface area contributed by atoms with Gasteiger partial charge in [-0.25, -0.2) is 13.1 Å². The molecule has 0 aliphatic carbocycles. The van der Waals surface area contributed by atoms with Crippen LogP contribution in [0.5, 0.6) is 0 Å². The van der Waals surface area contributed by atoms with Crippen LogP contribution in [0.4, 0.5) is 17.1 Å². The monoisotopic (exact) mass is 408 g/mol. The number of anilines is 1. The molecule has 2 N–H and O–H groups in total.